The fourth-order valence-corrected chi connectivity index (χ4v) is 5.13. The minimum atomic E-state index is -0.0107. The van der Waals surface area contributed by atoms with E-state index in [4.69, 9.17) is 0 Å². The molecule has 0 bridgehead atoms. The van der Waals surface area contributed by atoms with Crippen LogP contribution < -0.4 is 4.90 Å². The first-order valence-corrected chi connectivity index (χ1v) is 14.5. The summed E-state index contributed by atoms with van der Waals surface area (Å²) < 4.78 is 0. The lowest BCUT2D eigenvalue weighted by Crippen LogP contribution is -2.10. The Balaban J connectivity index is 1.52. The second kappa shape index (κ2) is 14.6. The minimum Gasteiger partial charge on any atom is -0.396 e. The van der Waals surface area contributed by atoms with E-state index in [1.54, 1.807) is 0 Å². The Hall–Kier alpha value is -4.52. The molecule has 0 spiro atoms. The molecule has 5 heteroatoms. The molecule has 43 heavy (non-hydrogen) atoms. The molecule has 5 nitrogen and oxygen atoms in total. The Bertz CT molecular complexity index is 1510. The summed E-state index contributed by atoms with van der Waals surface area (Å²) in [4.78, 5) is 2.15. The maximum Gasteiger partial charge on any atom is 0.0681 e. The molecule has 0 aromatic heterocycles. The molecule has 0 aliphatic heterocycles. The van der Waals surface area contributed by atoms with Gasteiger partial charge < -0.3 is 25.3 Å². The van der Waals surface area contributed by atoms with Gasteiger partial charge in [-0.15, -0.1) is 0 Å². The quantitative estimate of drug-likeness (QED) is 0.124. The number of hydrogen-bond donors (Lipinski definition) is 4. The predicted octanol–water partition coefficient (Wildman–Crippen LogP) is 6.80. The summed E-state index contributed by atoms with van der Waals surface area (Å²) in [6.07, 6.45) is 3.43. The predicted molar refractivity (Wildman–Crippen MR) is 174 cm³/mol. The zero-order chi connectivity index (χ0) is 30.0. The lowest BCUT2D eigenvalue weighted by Gasteiger charge is -2.26. The van der Waals surface area contributed by atoms with Gasteiger partial charge in [-0.3, -0.25) is 0 Å². The largest absolute Gasteiger partial charge is 0.396 e. The van der Waals surface area contributed by atoms with Crippen LogP contribution >= 0.6 is 0 Å². The van der Waals surface area contributed by atoms with Gasteiger partial charge in [-0.2, -0.15) is 0 Å². The lowest BCUT2D eigenvalue weighted by molar-refractivity contribution is 0.281. The van der Waals surface area contributed by atoms with E-state index in [0.717, 1.165) is 61.6 Å². The maximum atomic E-state index is 9.54. The van der Waals surface area contributed by atoms with Crippen molar-refractivity contribution in [3.63, 3.8) is 0 Å². The summed E-state index contributed by atoms with van der Waals surface area (Å²) in [5.41, 5.74) is 11.1. The molecular formula is C38H37NO4. The van der Waals surface area contributed by atoms with Gasteiger partial charge in [0.1, 0.15) is 0 Å². The molecule has 0 atom stereocenters. The Morgan fingerprint density at radius 1 is 0.442 bits per heavy atom. The van der Waals surface area contributed by atoms with Crippen LogP contribution in [0.4, 0.5) is 17.1 Å². The van der Waals surface area contributed by atoms with Gasteiger partial charge in [0.05, 0.1) is 13.2 Å². The highest BCUT2D eigenvalue weighted by molar-refractivity contribution is 5.92. The van der Waals surface area contributed by atoms with Gasteiger partial charge >= 0.3 is 0 Å². The number of hydrogen-bond acceptors (Lipinski definition) is 5. The molecule has 5 aromatic rings. The number of aliphatic hydroxyl groups excluding tert-OH is 4. The van der Waals surface area contributed by atoms with Crippen LogP contribution in [0.1, 0.15) is 38.9 Å². The van der Waals surface area contributed by atoms with E-state index in [2.05, 4.69) is 83.8 Å². The summed E-state index contributed by atoms with van der Waals surface area (Å²) in [6.45, 7) is 0.218. The van der Waals surface area contributed by atoms with Gasteiger partial charge in [0, 0.05) is 30.3 Å². The van der Waals surface area contributed by atoms with Crippen molar-refractivity contribution in [2.75, 3.05) is 18.1 Å². The molecule has 0 fully saturated rings. The third-order valence-corrected chi connectivity index (χ3v) is 7.55. The topological polar surface area (TPSA) is 84.2 Å². The zero-order valence-corrected chi connectivity index (χ0v) is 24.1. The SMILES string of the molecule is OCCc1ccc(C(=Cc2ccc(N(c3ccc(CO)cc3)c3ccc(CO)cc3)cc2)c2ccc(CCO)cc2)cc1. The average Bonchev–Trinajstić information content (AvgIpc) is 3.06. The summed E-state index contributed by atoms with van der Waals surface area (Å²) in [5.74, 6) is 0. The highest BCUT2D eigenvalue weighted by Crippen LogP contribution is 2.35. The number of rotatable bonds is 12. The Labute approximate surface area is 253 Å². The van der Waals surface area contributed by atoms with Crippen LogP contribution in [-0.2, 0) is 26.1 Å². The van der Waals surface area contributed by atoms with Gasteiger partial charge in [-0.1, -0.05) is 84.9 Å². The van der Waals surface area contributed by atoms with Crippen LogP contribution in [0, 0.1) is 0 Å². The third kappa shape index (κ3) is 7.47. The minimum absolute atomic E-state index is 0.0107. The van der Waals surface area contributed by atoms with Gasteiger partial charge in [0.15, 0.2) is 0 Å². The molecule has 0 amide bonds. The van der Waals surface area contributed by atoms with Crippen LogP contribution in [0.25, 0.3) is 11.6 Å². The first kappa shape index (κ1) is 30.0. The van der Waals surface area contributed by atoms with Crippen molar-refractivity contribution in [3.8, 4) is 0 Å². The number of anilines is 3. The van der Waals surface area contributed by atoms with Crippen LogP contribution in [0.5, 0.6) is 0 Å². The zero-order valence-electron chi connectivity index (χ0n) is 24.1. The smallest absolute Gasteiger partial charge is 0.0681 e. The summed E-state index contributed by atoms with van der Waals surface area (Å²) in [7, 11) is 0. The van der Waals surface area contributed by atoms with Crippen LogP contribution in [0.2, 0.25) is 0 Å². The maximum absolute atomic E-state index is 9.54. The normalized spacial score (nSPS) is 10.9. The fourth-order valence-electron chi connectivity index (χ4n) is 5.13. The van der Waals surface area contributed by atoms with Crippen LogP contribution in [-0.4, -0.2) is 33.6 Å². The summed E-state index contributed by atoms with van der Waals surface area (Å²) >= 11 is 0. The molecule has 0 saturated carbocycles. The van der Waals surface area contributed by atoms with E-state index in [0.29, 0.717) is 12.8 Å². The van der Waals surface area contributed by atoms with Crippen molar-refractivity contribution in [1.29, 1.82) is 0 Å². The molecule has 0 aliphatic carbocycles. The first-order chi connectivity index (χ1) is 21.1. The van der Waals surface area contributed by atoms with Crippen molar-refractivity contribution >= 4 is 28.7 Å². The molecular weight excluding hydrogens is 534 g/mol. The molecule has 0 saturated heterocycles. The summed E-state index contributed by atoms with van der Waals surface area (Å²) in [5, 5.41) is 37.8. The van der Waals surface area contributed by atoms with Crippen molar-refractivity contribution in [2.45, 2.75) is 26.1 Å². The van der Waals surface area contributed by atoms with E-state index in [1.165, 1.54) is 0 Å². The van der Waals surface area contributed by atoms with Crippen molar-refractivity contribution in [3.05, 3.63) is 160 Å². The second-order valence-electron chi connectivity index (χ2n) is 10.5. The molecule has 5 rings (SSSR count). The van der Waals surface area contributed by atoms with Gasteiger partial charge in [0.25, 0.3) is 0 Å². The van der Waals surface area contributed by atoms with E-state index >= 15 is 0 Å². The molecule has 4 N–H and O–H groups in total. The Morgan fingerprint density at radius 3 is 1.14 bits per heavy atom. The van der Waals surface area contributed by atoms with Crippen molar-refractivity contribution < 1.29 is 20.4 Å². The Morgan fingerprint density at radius 2 is 0.791 bits per heavy atom. The second-order valence-corrected chi connectivity index (χ2v) is 10.5. The molecule has 0 aliphatic rings. The standard InChI is InChI=1S/C38H37NO4/c40-23-21-28-1-11-33(12-2-28)38(34-13-3-29(4-14-34)22-24-41)25-30-5-15-35(16-6-30)39(36-17-7-31(26-42)8-18-36)37-19-9-32(27-43)10-20-37/h1-20,25,40-43H,21-24,26-27H2. The highest BCUT2D eigenvalue weighted by Gasteiger charge is 2.13. The lowest BCUT2D eigenvalue weighted by atomic mass is 9.93. The van der Waals surface area contributed by atoms with Gasteiger partial charge in [-0.05, 0) is 99.8 Å². The number of benzene rings is 5. The van der Waals surface area contributed by atoms with Gasteiger partial charge in [-0.25, -0.2) is 0 Å². The molecule has 218 valence electrons. The number of aliphatic hydroxyl groups is 4. The molecule has 0 unspecified atom stereocenters. The molecule has 5 aromatic carbocycles. The van der Waals surface area contributed by atoms with Crippen LogP contribution in [0.15, 0.2) is 121 Å². The fraction of sp³-hybridized carbons (Fsp3) is 0.158. The molecule has 0 heterocycles. The number of nitrogens with zero attached hydrogens (tertiary/aromatic N) is 1. The van der Waals surface area contributed by atoms with E-state index < -0.39 is 0 Å². The highest BCUT2D eigenvalue weighted by atomic mass is 16.3. The third-order valence-electron chi connectivity index (χ3n) is 7.55. The average molecular weight is 572 g/mol. The van der Waals surface area contributed by atoms with Crippen LogP contribution in [0.3, 0.4) is 0 Å². The Kier molecular flexibility index (Phi) is 10.2. The van der Waals surface area contributed by atoms with Crippen molar-refractivity contribution in [1.82, 2.24) is 0 Å². The van der Waals surface area contributed by atoms with E-state index in [-0.39, 0.29) is 26.4 Å². The monoisotopic (exact) mass is 571 g/mol. The van der Waals surface area contributed by atoms with E-state index in [9.17, 15) is 20.4 Å². The van der Waals surface area contributed by atoms with E-state index in [1.807, 2.05) is 48.5 Å². The van der Waals surface area contributed by atoms with Gasteiger partial charge in [0.2, 0.25) is 0 Å². The summed E-state index contributed by atoms with van der Waals surface area (Å²) in [6, 6.07) is 40.7. The molecule has 0 radical (unpaired) electrons. The first-order valence-electron chi connectivity index (χ1n) is 14.5. The van der Waals surface area contributed by atoms with Crippen molar-refractivity contribution in [2.24, 2.45) is 0 Å².